The Bertz CT molecular complexity index is 1060. The summed E-state index contributed by atoms with van der Waals surface area (Å²) in [6, 6.07) is 9.83. The van der Waals surface area contributed by atoms with Crippen molar-refractivity contribution in [3.8, 4) is 5.75 Å². The zero-order valence-electron chi connectivity index (χ0n) is 19.1. The summed E-state index contributed by atoms with van der Waals surface area (Å²) in [7, 11) is 1.49. The van der Waals surface area contributed by atoms with Crippen LogP contribution in [0.1, 0.15) is 35.2 Å². The number of methoxy groups -OCH3 is 1. The van der Waals surface area contributed by atoms with E-state index in [0.717, 1.165) is 18.6 Å². The van der Waals surface area contributed by atoms with Gasteiger partial charge in [-0.3, -0.25) is 9.59 Å². The molecule has 3 rings (SSSR count). The topological polar surface area (TPSA) is 58.6 Å². The van der Waals surface area contributed by atoms with Crippen LogP contribution in [0.3, 0.4) is 0 Å². The molecule has 0 aromatic heterocycles. The van der Waals surface area contributed by atoms with Crippen molar-refractivity contribution < 1.29 is 27.5 Å². The second-order valence-electron chi connectivity index (χ2n) is 8.03. The number of rotatable bonds is 8. The lowest BCUT2D eigenvalue weighted by atomic mass is 9.96. The summed E-state index contributed by atoms with van der Waals surface area (Å²) in [6.45, 7) is 1.30. The average Bonchev–Trinajstić information content (AvgIpc) is 2.85. The minimum absolute atomic E-state index is 0.107. The van der Waals surface area contributed by atoms with Crippen LogP contribution in [0.4, 0.5) is 13.2 Å². The number of hydrogen-bond donors (Lipinski definition) is 1. The van der Waals surface area contributed by atoms with E-state index < -0.39 is 11.7 Å². The summed E-state index contributed by atoms with van der Waals surface area (Å²) in [5, 5.41) is 5.12. The molecule has 0 bridgehead atoms. The largest absolute Gasteiger partial charge is 0.496 e. The van der Waals surface area contributed by atoms with Crippen LogP contribution in [0, 0.1) is 5.92 Å². The van der Waals surface area contributed by atoms with Crippen LogP contribution >= 0.6 is 23.4 Å². The van der Waals surface area contributed by atoms with Gasteiger partial charge in [-0.25, -0.2) is 0 Å². The number of amides is 2. The number of alkyl halides is 3. The highest BCUT2D eigenvalue weighted by Gasteiger charge is 2.31. The molecule has 2 aromatic carbocycles. The summed E-state index contributed by atoms with van der Waals surface area (Å²) < 4.78 is 43.1. The number of carbonyl (C=O) groups excluding carboxylic acids is 2. The van der Waals surface area contributed by atoms with E-state index in [0.29, 0.717) is 53.7 Å². The Kier molecular flexibility index (Phi) is 9.51. The number of thioether (sulfide) groups is 1. The molecule has 10 heteroatoms. The van der Waals surface area contributed by atoms with Crippen LogP contribution in [0.2, 0.25) is 5.02 Å². The van der Waals surface area contributed by atoms with E-state index in [9.17, 15) is 22.8 Å². The average molecular weight is 527 g/mol. The van der Waals surface area contributed by atoms with E-state index >= 15 is 0 Å². The standard InChI is InChI=1S/C25H26ClF3N2O3S/c1-34-22-11-8-19(26)15-21(22)24(33)31-13-4-5-17(16-31)23(32)30-12-2-3-14-35-20-9-6-18(7-10-20)25(27,28)29/h3,6-11,14-15,17H,2,4-5,12-13,16H2,1H3,(H,30,32)/b14-3+/t17-/m0/s1. The number of likely N-dealkylation sites (tertiary alicyclic amines) is 1. The molecule has 0 spiro atoms. The van der Waals surface area contributed by atoms with Crippen molar-refractivity contribution in [1.82, 2.24) is 10.2 Å². The van der Waals surface area contributed by atoms with Crippen molar-refractivity contribution in [2.24, 2.45) is 5.92 Å². The maximum atomic E-state index is 13.0. The lowest BCUT2D eigenvalue weighted by molar-refractivity contribution is -0.137. The van der Waals surface area contributed by atoms with Gasteiger partial charge >= 0.3 is 6.18 Å². The molecule has 1 atom stereocenters. The number of ether oxygens (including phenoxy) is 1. The van der Waals surface area contributed by atoms with E-state index in [1.54, 1.807) is 28.5 Å². The Morgan fingerprint density at radius 1 is 1.23 bits per heavy atom. The van der Waals surface area contributed by atoms with Gasteiger partial charge in [0.15, 0.2) is 0 Å². The van der Waals surface area contributed by atoms with Gasteiger partial charge in [0.05, 0.1) is 24.2 Å². The zero-order chi connectivity index (χ0) is 25.4. The molecule has 1 N–H and O–H groups in total. The molecule has 35 heavy (non-hydrogen) atoms. The molecule has 1 aliphatic rings. The third-order valence-electron chi connectivity index (χ3n) is 5.56. The molecule has 0 saturated carbocycles. The van der Waals surface area contributed by atoms with Gasteiger partial charge < -0.3 is 15.0 Å². The summed E-state index contributed by atoms with van der Waals surface area (Å²) in [6.07, 6.45) is -0.500. The highest BCUT2D eigenvalue weighted by molar-refractivity contribution is 8.02. The summed E-state index contributed by atoms with van der Waals surface area (Å²) in [4.78, 5) is 28.0. The zero-order valence-corrected chi connectivity index (χ0v) is 20.7. The fourth-order valence-electron chi connectivity index (χ4n) is 3.73. The molecular formula is C25H26ClF3N2O3S. The van der Waals surface area contributed by atoms with Crippen LogP contribution in [0.25, 0.3) is 0 Å². The maximum absolute atomic E-state index is 13.0. The monoisotopic (exact) mass is 526 g/mol. The molecule has 1 heterocycles. The Hall–Kier alpha value is -2.65. The van der Waals surface area contributed by atoms with Crippen LogP contribution in [0.15, 0.2) is 58.8 Å². The summed E-state index contributed by atoms with van der Waals surface area (Å²) >= 11 is 7.36. The van der Waals surface area contributed by atoms with Gasteiger partial charge in [-0.1, -0.05) is 29.4 Å². The number of carbonyl (C=O) groups is 2. The second kappa shape index (κ2) is 12.4. The third-order valence-corrected chi connectivity index (χ3v) is 6.67. The van der Waals surface area contributed by atoms with Crippen molar-refractivity contribution >= 4 is 35.2 Å². The van der Waals surface area contributed by atoms with Crippen molar-refractivity contribution in [3.05, 3.63) is 70.1 Å². The van der Waals surface area contributed by atoms with Crippen LogP contribution in [-0.4, -0.2) is 43.5 Å². The molecule has 1 fully saturated rings. The first-order valence-corrected chi connectivity index (χ1v) is 12.3. The van der Waals surface area contributed by atoms with Crippen molar-refractivity contribution in [2.45, 2.75) is 30.3 Å². The number of halogens is 4. The van der Waals surface area contributed by atoms with E-state index in [1.165, 1.54) is 31.0 Å². The predicted octanol–water partition coefficient (Wildman–Crippen LogP) is 6.03. The molecule has 188 valence electrons. The molecule has 0 unspecified atom stereocenters. The fraction of sp³-hybridized carbons (Fsp3) is 0.360. The minimum Gasteiger partial charge on any atom is -0.496 e. The third kappa shape index (κ3) is 7.67. The molecule has 2 aromatic rings. The fourth-order valence-corrected chi connectivity index (χ4v) is 4.59. The van der Waals surface area contributed by atoms with Crippen molar-refractivity contribution in [1.29, 1.82) is 0 Å². The van der Waals surface area contributed by atoms with Gasteiger partial charge in [0.1, 0.15) is 5.75 Å². The predicted molar refractivity (Wildman–Crippen MR) is 131 cm³/mol. The number of piperidine rings is 1. The SMILES string of the molecule is COc1ccc(Cl)cc1C(=O)N1CCC[C@H](C(=O)NCC/C=C/Sc2ccc(C(F)(F)F)cc2)C1. The minimum atomic E-state index is -4.35. The molecule has 0 radical (unpaired) electrons. The quantitative estimate of drug-likeness (QED) is 0.337. The first-order valence-electron chi connectivity index (χ1n) is 11.1. The Labute approximate surface area is 211 Å². The van der Waals surface area contributed by atoms with Gasteiger partial charge in [0.25, 0.3) is 5.91 Å². The normalized spacial score (nSPS) is 16.4. The van der Waals surface area contributed by atoms with E-state index in [1.807, 2.05) is 6.08 Å². The molecule has 0 aliphatic carbocycles. The van der Waals surface area contributed by atoms with E-state index in [-0.39, 0.29) is 17.7 Å². The van der Waals surface area contributed by atoms with Crippen molar-refractivity contribution in [3.63, 3.8) is 0 Å². The number of hydrogen-bond acceptors (Lipinski definition) is 4. The first-order chi connectivity index (χ1) is 16.7. The smallest absolute Gasteiger partial charge is 0.416 e. The molecule has 1 aliphatic heterocycles. The highest BCUT2D eigenvalue weighted by Crippen LogP contribution is 2.31. The van der Waals surface area contributed by atoms with Gasteiger partial charge in [0.2, 0.25) is 5.91 Å². The molecular weight excluding hydrogens is 501 g/mol. The molecule has 5 nitrogen and oxygen atoms in total. The first kappa shape index (κ1) is 26.9. The van der Waals surface area contributed by atoms with Gasteiger partial charge in [0, 0.05) is 29.6 Å². The van der Waals surface area contributed by atoms with Crippen molar-refractivity contribution in [2.75, 3.05) is 26.7 Å². The molecule has 1 saturated heterocycles. The molecule has 2 amide bonds. The van der Waals surface area contributed by atoms with E-state index in [4.69, 9.17) is 16.3 Å². The van der Waals surface area contributed by atoms with Gasteiger partial charge in [-0.2, -0.15) is 13.2 Å². The Balaban J connectivity index is 1.44. The number of nitrogens with one attached hydrogen (secondary N) is 1. The maximum Gasteiger partial charge on any atom is 0.416 e. The lowest BCUT2D eigenvalue weighted by Crippen LogP contribution is -2.45. The second-order valence-corrected chi connectivity index (χ2v) is 9.44. The number of benzene rings is 2. The van der Waals surface area contributed by atoms with Crippen LogP contribution in [-0.2, 0) is 11.0 Å². The summed E-state index contributed by atoms with van der Waals surface area (Å²) in [5.41, 5.74) is -0.306. The van der Waals surface area contributed by atoms with Gasteiger partial charge in [-0.05, 0) is 67.1 Å². The lowest BCUT2D eigenvalue weighted by Gasteiger charge is -2.32. The van der Waals surface area contributed by atoms with Crippen LogP contribution < -0.4 is 10.1 Å². The van der Waals surface area contributed by atoms with E-state index in [2.05, 4.69) is 5.32 Å². The summed E-state index contributed by atoms with van der Waals surface area (Å²) in [5.74, 6) is -0.190. The van der Waals surface area contributed by atoms with Gasteiger partial charge in [-0.15, -0.1) is 0 Å². The number of nitrogens with zero attached hydrogens (tertiary/aromatic N) is 1. The Morgan fingerprint density at radius 2 is 1.97 bits per heavy atom. The highest BCUT2D eigenvalue weighted by atomic mass is 35.5. The Morgan fingerprint density at radius 3 is 2.66 bits per heavy atom. The van der Waals surface area contributed by atoms with Crippen LogP contribution in [0.5, 0.6) is 5.75 Å².